The quantitative estimate of drug-likeness (QED) is 0.584. The Labute approximate surface area is 185 Å². The first-order chi connectivity index (χ1) is 15.5. The van der Waals surface area contributed by atoms with Crippen molar-refractivity contribution in [3.63, 3.8) is 0 Å². The number of likely N-dealkylation sites (tertiary alicyclic amines) is 1. The van der Waals surface area contributed by atoms with E-state index in [4.69, 9.17) is 0 Å². The molecule has 1 aliphatic heterocycles. The van der Waals surface area contributed by atoms with Crippen LogP contribution in [0, 0.1) is 28.4 Å². The maximum atomic E-state index is 14.4. The summed E-state index contributed by atoms with van der Waals surface area (Å²) < 4.78 is 28.7. The molecule has 0 unspecified atom stereocenters. The minimum Gasteiger partial charge on any atom is -0.339 e. The largest absolute Gasteiger partial charge is 0.339 e. The summed E-state index contributed by atoms with van der Waals surface area (Å²) in [5.74, 6) is -2.09. The zero-order valence-electron chi connectivity index (χ0n) is 17.6. The van der Waals surface area contributed by atoms with E-state index in [1.807, 2.05) is 12.1 Å². The van der Waals surface area contributed by atoms with Gasteiger partial charge >= 0.3 is 0 Å². The minimum absolute atomic E-state index is 0.0667. The molecule has 4 rings (SSSR count). The molecule has 32 heavy (non-hydrogen) atoms. The number of nitriles is 1. The third kappa shape index (κ3) is 3.84. The van der Waals surface area contributed by atoms with Crippen LogP contribution in [0.3, 0.4) is 0 Å². The van der Waals surface area contributed by atoms with E-state index < -0.39 is 23.0 Å². The van der Waals surface area contributed by atoms with Crippen LogP contribution >= 0.6 is 0 Å². The summed E-state index contributed by atoms with van der Waals surface area (Å²) >= 11 is 0. The lowest BCUT2D eigenvalue weighted by molar-refractivity contribution is 0.0620. The predicted molar refractivity (Wildman–Crippen MR) is 115 cm³/mol. The van der Waals surface area contributed by atoms with Crippen LogP contribution in [-0.2, 0) is 0 Å². The molecule has 7 heteroatoms. The molecule has 0 spiro atoms. The summed E-state index contributed by atoms with van der Waals surface area (Å²) in [5, 5.41) is 9.98. The van der Waals surface area contributed by atoms with Crippen molar-refractivity contribution in [3.8, 4) is 17.3 Å². The molecule has 0 radical (unpaired) electrons. The van der Waals surface area contributed by atoms with Crippen LogP contribution in [0.4, 0.5) is 8.78 Å². The summed E-state index contributed by atoms with van der Waals surface area (Å²) in [6.07, 6.45) is 3.72. The van der Waals surface area contributed by atoms with Crippen molar-refractivity contribution in [1.82, 2.24) is 14.9 Å². The first-order valence-electron chi connectivity index (χ1n) is 10.5. The Hall–Kier alpha value is -3.66. The Bertz CT molecular complexity index is 1150. The Balaban J connectivity index is 1.56. The molecule has 0 saturated carbocycles. The molecule has 1 aliphatic rings. The number of amides is 1. The van der Waals surface area contributed by atoms with Crippen LogP contribution in [0.5, 0.6) is 0 Å². The zero-order valence-corrected chi connectivity index (χ0v) is 17.6. The van der Waals surface area contributed by atoms with Gasteiger partial charge in [0.1, 0.15) is 18.0 Å². The molecule has 1 atom stereocenters. The highest BCUT2D eigenvalue weighted by Crippen LogP contribution is 2.45. The van der Waals surface area contributed by atoms with E-state index in [-0.39, 0.29) is 11.5 Å². The normalized spacial score (nSPS) is 16.2. The molecule has 1 fully saturated rings. The van der Waals surface area contributed by atoms with Gasteiger partial charge in [-0.2, -0.15) is 5.26 Å². The minimum atomic E-state index is -0.952. The average molecular weight is 432 g/mol. The van der Waals surface area contributed by atoms with Crippen LogP contribution in [0.25, 0.3) is 11.3 Å². The van der Waals surface area contributed by atoms with Crippen LogP contribution < -0.4 is 0 Å². The summed E-state index contributed by atoms with van der Waals surface area (Å²) in [6, 6.07) is 15.0. The van der Waals surface area contributed by atoms with E-state index in [9.17, 15) is 18.8 Å². The highest BCUT2D eigenvalue weighted by molar-refractivity contribution is 6.00. The number of piperidine rings is 1. The molecule has 1 amide bonds. The molecule has 1 saturated heterocycles. The lowest BCUT2D eigenvalue weighted by Gasteiger charge is -2.41. The Kier molecular flexibility index (Phi) is 5.95. The smallest absolute Gasteiger partial charge is 0.254 e. The second-order valence-electron chi connectivity index (χ2n) is 8.06. The molecule has 3 aromatic rings. The lowest BCUT2D eigenvalue weighted by Crippen LogP contribution is -2.45. The fourth-order valence-electron chi connectivity index (χ4n) is 4.46. The number of rotatable bonds is 4. The number of hydrogen-bond acceptors (Lipinski definition) is 4. The van der Waals surface area contributed by atoms with Crippen molar-refractivity contribution >= 4 is 5.91 Å². The van der Waals surface area contributed by atoms with Crippen LogP contribution in [0.15, 0.2) is 61.1 Å². The highest BCUT2D eigenvalue weighted by Gasteiger charge is 2.43. The van der Waals surface area contributed by atoms with Gasteiger partial charge in [-0.15, -0.1) is 0 Å². The Morgan fingerprint density at radius 2 is 1.78 bits per heavy atom. The van der Waals surface area contributed by atoms with Crippen molar-refractivity contribution in [1.29, 1.82) is 5.26 Å². The van der Waals surface area contributed by atoms with Gasteiger partial charge in [0.2, 0.25) is 0 Å². The Morgan fingerprint density at radius 3 is 2.41 bits per heavy atom. The monoisotopic (exact) mass is 432 g/mol. The average Bonchev–Trinajstić information content (AvgIpc) is 2.84. The van der Waals surface area contributed by atoms with Crippen molar-refractivity contribution in [2.24, 2.45) is 5.41 Å². The topological polar surface area (TPSA) is 69.9 Å². The van der Waals surface area contributed by atoms with Gasteiger partial charge in [-0.3, -0.25) is 4.79 Å². The van der Waals surface area contributed by atoms with E-state index >= 15 is 0 Å². The van der Waals surface area contributed by atoms with Gasteiger partial charge in [0.05, 0.1) is 17.2 Å². The van der Waals surface area contributed by atoms with Crippen molar-refractivity contribution < 1.29 is 13.6 Å². The van der Waals surface area contributed by atoms with Gasteiger partial charge in [0, 0.05) is 41.9 Å². The highest BCUT2D eigenvalue weighted by atomic mass is 19.1. The number of nitrogens with zero attached hydrogens (tertiary/aromatic N) is 4. The molecule has 162 valence electrons. The van der Waals surface area contributed by atoms with E-state index in [0.717, 1.165) is 0 Å². The van der Waals surface area contributed by atoms with Crippen molar-refractivity contribution in [3.05, 3.63) is 83.8 Å². The predicted octanol–water partition coefficient (Wildman–Crippen LogP) is 4.97. The first-order valence-corrected chi connectivity index (χ1v) is 10.5. The van der Waals surface area contributed by atoms with Gasteiger partial charge in [-0.05, 0) is 37.1 Å². The molecule has 5 nitrogen and oxygen atoms in total. The number of hydrogen-bond donors (Lipinski definition) is 0. The van der Waals surface area contributed by atoms with Crippen molar-refractivity contribution in [2.75, 3.05) is 13.1 Å². The van der Waals surface area contributed by atoms with Crippen LogP contribution in [0.2, 0.25) is 0 Å². The number of carbonyl (C=O) groups is 1. The van der Waals surface area contributed by atoms with Crippen LogP contribution in [0.1, 0.15) is 41.6 Å². The summed E-state index contributed by atoms with van der Waals surface area (Å²) in [7, 11) is 0. The third-order valence-corrected chi connectivity index (χ3v) is 6.44. The number of benzene rings is 2. The van der Waals surface area contributed by atoms with Crippen LogP contribution in [-0.4, -0.2) is 33.9 Å². The van der Waals surface area contributed by atoms with Gasteiger partial charge in [0.25, 0.3) is 5.91 Å². The first kappa shape index (κ1) is 21.6. The molecule has 0 N–H and O–H groups in total. The number of aromatic nitrogens is 2. The SMILES string of the molecule is C[C@@H](c1c(F)cccc1F)C1(C#N)CCN(C(=O)c2ccccc2-c2ccncn2)CC1. The standard InChI is InChI=1S/C25H22F2N4O/c1-17(23-20(26)7-4-8-21(23)27)25(15-28)10-13-31(14-11-25)24(32)19-6-3-2-5-18(19)22-9-12-29-16-30-22/h2-9,12,16-17H,10-11,13-14H2,1H3/t17-/m0/s1. The molecule has 2 aromatic carbocycles. The van der Waals surface area contributed by atoms with E-state index in [0.29, 0.717) is 42.8 Å². The molecule has 0 aliphatic carbocycles. The number of halogens is 2. The maximum absolute atomic E-state index is 14.4. The molecule has 2 heterocycles. The fourth-order valence-corrected chi connectivity index (χ4v) is 4.46. The van der Waals surface area contributed by atoms with Gasteiger partial charge in [0.15, 0.2) is 0 Å². The second-order valence-corrected chi connectivity index (χ2v) is 8.06. The third-order valence-electron chi connectivity index (χ3n) is 6.44. The van der Waals surface area contributed by atoms with Gasteiger partial charge in [-0.1, -0.05) is 31.2 Å². The summed E-state index contributed by atoms with van der Waals surface area (Å²) in [4.78, 5) is 23.2. The van der Waals surface area contributed by atoms with E-state index in [1.54, 1.807) is 36.2 Å². The van der Waals surface area contributed by atoms with Gasteiger partial charge in [-0.25, -0.2) is 18.7 Å². The number of carbonyl (C=O) groups excluding carboxylic acids is 1. The fraction of sp³-hybridized carbons (Fsp3) is 0.280. The molecular weight excluding hydrogens is 410 g/mol. The molecule has 1 aromatic heterocycles. The zero-order chi connectivity index (χ0) is 22.7. The second kappa shape index (κ2) is 8.83. The Morgan fingerprint density at radius 1 is 1.09 bits per heavy atom. The van der Waals surface area contributed by atoms with Gasteiger partial charge < -0.3 is 4.90 Å². The molecule has 0 bridgehead atoms. The summed E-state index contributed by atoms with van der Waals surface area (Å²) in [5.41, 5.74) is 0.855. The van der Waals surface area contributed by atoms with E-state index in [1.165, 1.54) is 24.5 Å². The van der Waals surface area contributed by atoms with E-state index in [2.05, 4.69) is 16.0 Å². The molecular formula is C25H22F2N4O. The lowest BCUT2D eigenvalue weighted by atomic mass is 9.67. The maximum Gasteiger partial charge on any atom is 0.254 e. The summed E-state index contributed by atoms with van der Waals surface area (Å²) in [6.45, 7) is 2.34. The van der Waals surface area contributed by atoms with Crippen molar-refractivity contribution in [2.45, 2.75) is 25.7 Å².